The molecule has 0 bridgehead atoms. The molecule has 1 aliphatic rings. The zero-order valence-electron chi connectivity index (χ0n) is 11.5. The van der Waals surface area contributed by atoms with Crippen LogP contribution in [-0.4, -0.2) is 6.10 Å². The van der Waals surface area contributed by atoms with Crippen molar-refractivity contribution in [2.75, 3.05) is 0 Å². The van der Waals surface area contributed by atoms with Gasteiger partial charge in [0.15, 0.2) is 0 Å². The average Bonchev–Trinajstić information content (AvgIpc) is 3.26. The molecule has 104 valence electrons. The van der Waals surface area contributed by atoms with Crippen molar-refractivity contribution >= 4 is 0 Å². The number of rotatable bonds is 4. The van der Waals surface area contributed by atoms with Gasteiger partial charge in [-0.3, -0.25) is 0 Å². The topological polar surface area (TPSA) is 35.2 Å². The number of ether oxygens (including phenoxy) is 1. The molecule has 3 rings (SSSR count). The van der Waals surface area contributed by atoms with Gasteiger partial charge in [-0.25, -0.2) is 4.39 Å². The molecule has 2 aromatic rings. The third-order valence-electron chi connectivity index (χ3n) is 3.62. The predicted octanol–water partition coefficient (Wildman–Crippen LogP) is 3.72. The Morgan fingerprint density at radius 2 is 1.85 bits per heavy atom. The number of hydrogen-bond acceptors (Lipinski definition) is 2. The molecule has 1 saturated carbocycles. The first-order chi connectivity index (χ1) is 9.65. The zero-order valence-corrected chi connectivity index (χ0v) is 11.5. The molecule has 2 N–H and O–H groups in total. The second kappa shape index (κ2) is 5.25. The van der Waals surface area contributed by atoms with Crippen molar-refractivity contribution in [2.45, 2.75) is 31.9 Å². The Kier molecular flexibility index (Phi) is 3.45. The molecular formula is C17H18FNO. The summed E-state index contributed by atoms with van der Waals surface area (Å²) >= 11 is 0. The second-order valence-electron chi connectivity index (χ2n) is 5.34. The molecule has 3 heteroatoms. The highest BCUT2D eigenvalue weighted by molar-refractivity contribution is 5.37. The van der Waals surface area contributed by atoms with Crippen LogP contribution in [0.4, 0.5) is 4.39 Å². The molecule has 1 unspecified atom stereocenters. The van der Waals surface area contributed by atoms with Crippen LogP contribution in [0.15, 0.2) is 42.5 Å². The Morgan fingerprint density at radius 3 is 2.50 bits per heavy atom. The molecule has 2 nitrogen and oxygen atoms in total. The summed E-state index contributed by atoms with van der Waals surface area (Å²) in [7, 11) is 0. The lowest BCUT2D eigenvalue weighted by molar-refractivity contribution is 0.303. The fourth-order valence-corrected chi connectivity index (χ4v) is 2.22. The first-order valence-electron chi connectivity index (χ1n) is 6.92. The van der Waals surface area contributed by atoms with Crippen molar-refractivity contribution in [1.29, 1.82) is 0 Å². The minimum absolute atomic E-state index is 0.224. The van der Waals surface area contributed by atoms with Crippen molar-refractivity contribution in [3.05, 3.63) is 65.0 Å². The summed E-state index contributed by atoms with van der Waals surface area (Å²) in [6, 6.07) is 12.5. The molecule has 1 aliphatic carbocycles. The fourth-order valence-electron chi connectivity index (χ4n) is 2.22. The maximum atomic E-state index is 14.1. The van der Waals surface area contributed by atoms with Gasteiger partial charge in [-0.1, -0.05) is 30.3 Å². The van der Waals surface area contributed by atoms with E-state index in [4.69, 9.17) is 10.5 Å². The standard InChI is InChI=1S/C17H18FNO/c1-11-3-2-4-15(16(11)18)17(19)12-5-7-13(8-6-12)20-14-9-10-14/h2-8,14,17H,9-10,19H2,1H3. The molecule has 0 heterocycles. The lowest BCUT2D eigenvalue weighted by Crippen LogP contribution is -2.14. The molecule has 1 atom stereocenters. The smallest absolute Gasteiger partial charge is 0.131 e. The van der Waals surface area contributed by atoms with E-state index in [0.29, 0.717) is 17.2 Å². The van der Waals surface area contributed by atoms with Crippen molar-refractivity contribution in [3.8, 4) is 5.75 Å². The first-order valence-corrected chi connectivity index (χ1v) is 6.92. The first kappa shape index (κ1) is 13.1. The highest BCUT2D eigenvalue weighted by Crippen LogP contribution is 2.29. The summed E-state index contributed by atoms with van der Waals surface area (Å²) in [4.78, 5) is 0. The minimum Gasteiger partial charge on any atom is -0.490 e. The zero-order chi connectivity index (χ0) is 14.1. The number of aryl methyl sites for hydroxylation is 1. The normalized spacial score (nSPS) is 15.9. The van der Waals surface area contributed by atoms with Crippen LogP contribution in [0.25, 0.3) is 0 Å². The van der Waals surface area contributed by atoms with Crippen LogP contribution in [0, 0.1) is 12.7 Å². The summed E-state index contributed by atoms with van der Waals surface area (Å²) in [5, 5.41) is 0. The molecule has 0 spiro atoms. The van der Waals surface area contributed by atoms with Crippen molar-refractivity contribution in [1.82, 2.24) is 0 Å². The molecule has 0 aromatic heterocycles. The van der Waals surface area contributed by atoms with E-state index < -0.39 is 6.04 Å². The van der Waals surface area contributed by atoms with Crippen molar-refractivity contribution in [2.24, 2.45) is 5.73 Å². The van der Waals surface area contributed by atoms with E-state index in [-0.39, 0.29) is 5.82 Å². The van der Waals surface area contributed by atoms with Crippen molar-refractivity contribution in [3.63, 3.8) is 0 Å². The van der Waals surface area contributed by atoms with Crippen LogP contribution >= 0.6 is 0 Å². The Labute approximate surface area is 118 Å². The third kappa shape index (κ3) is 2.68. The van der Waals surface area contributed by atoms with Crippen LogP contribution in [-0.2, 0) is 0 Å². The van der Waals surface area contributed by atoms with E-state index in [1.165, 1.54) is 0 Å². The molecule has 0 radical (unpaired) electrons. The van der Waals surface area contributed by atoms with E-state index >= 15 is 0 Å². The van der Waals surface area contributed by atoms with Crippen LogP contribution in [0.1, 0.15) is 35.6 Å². The third-order valence-corrected chi connectivity index (χ3v) is 3.62. The largest absolute Gasteiger partial charge is 0.490 e. The summed E-state index contributed by atoms with van der Waals surface area (Å²) in [5.41, 5.74) is 8.20. The second-order valence-corrected chi connectivity index (χ2v) is 5.34. The van der Waals surface area contributed by atoms with E-state index in [1.54, 1.807) is 19.1 Å². The molecule has 0 saturated heterocycles. The van der Waals surface area contributed by atoms with Gasteiger partial charge in [0.25, 0.3) is 0 Å². The fraction of sp³-hybridized carbons (Fsp3) is 0.294. The maximum Gasteiger partial charge on any atom is 0.131 e. The molecular weight excluding hydrogens is 253 g/mol. The Morgan fingerprint density at radius 1 is 1.15 bits per heavy atom. The van der Waals surface area contributed by atoms with Crippen LogP contribution in [0.2, 0.25) is 0 Å². The van der Waals surface area contributed by atoms with E-state index in [2.05, 4.69) is 0 Å². The van der Waals surface area contributed by atoms with E-state index in [1.807, 2.05) is 30.3 Å². The summed E-state index contributed by atoms with van der Waals surface area (Å²) in [6.07, 6.45) is 2.65. The number of hydrogen-bond donors (Lipinski definition) is 1. The highest BCUT2D eigenvalue weighted by Gasteiger charge is 2.23. The molecule has 1 fully saturated rings. The van der Waals surface area contributed by atoms with E-state index in [0.717, 1.165) is 24.2 Å². The number of nitrogens with two attached hydrogens (primary N) is 1. The Hall–Kier alpha value is -1.87. The molecule has 0 amide bonds. The van der Waals surface area contributed by atoms with Crippen molar-refractivity contribution < 1.29 is 9.13 Å². The van der Waals surface area contributed by atoms with Gasteiger partial charge >= 0.3 is 0 Å². The van der Waals surface area contributed by atoms with Gasteiger partial charge < -0.3 is 10.5 Å². The van der Waals surface area contributed by atoms with E-state index in [9.17, 15) is 4.39 Å². The highest BCUT2D eigenvalue weighted by atomic mass is 19.1. The van der Waals surface area contributed by atoms with Gasteiger partial charge in [0.1, 0.15) is 11.6 Å². The number of halogens is 1. The summed E-state index contributed by atoms with van der Waals surface area (Å²) < 4.78 is 19.8. The Balaban J connectivity index is 1.82. The number of benzene rings is 2. The lowest BCUT2D eigenvalue weighted by Gasteiger charge is -2.15. The quantitative estimate of drug-likeness (QED) is 0.919. The summed E-state index contributed by atoms with van der Waals surface area (Å²) in [6.45, 7) is 1.75. The van der Waals surface area contributed by atoms with Crippen LogP contribution < -0.4 is 10.5 Å². The van der Waals surface area contributed by atoms with Gasteiger partial charge in [-0.05, 0) is 43.0 Å². The Bertz CT molecular complexity index is 605. The van der Waals surface area contributed by atoms with Gasteiger partial charge in [0, 0.05) is 5.56 Å². The van der Waals surface area contributed by atoms with Crippen LogP contribution in [0.5, 0.6) is 5.75 Å². The average molecular weight is 271 g/mol. The predicted molar refractivity (Wildman–Crippen MR) is 77.3 cm³/mol. The maximum absolute atomic E-state index is 14.1. The van der Waals surface area contributed by atoms with Crippen LogP contribution in [0.3, 0.4) is 0 Å². The monoisotopic (exact) mass is 271 g/mol. The van der Waals surface area contributed by atoms with Gasteiger partial charge in [-0.15, -0.1) is 0 Å². The minimum atomic E-state index is -0.454. The molecule has 0 aliphatic heterocycles. The SMILES string of the molecule is Cc1cccc(C(N)c2ccc(OC3CC3)cc2)c1F. The molecule has 2 aromatic carbocycles. The van der Waals surface area contributed by atoms with Gasteiger partial charge in [0.05, 0.1) is 12.1 Å². The van der Waals surface area contributed by atoms with Gasteiger partial charge in [-0.2, -0.15) is 0 Å². The lowest BCUT2D eigenvalue weighted by atomic mass is 9.97. The van der Waals surface area contributed by atoms with Gasteiger partial charge in [0.2, 0.25) is 0 Å². The molecule has 20 heavy (non-hydrogen) atoms. The summed E-state index contributed by atoms with van der Waals surface area (Å²) in [5.74, 6) is 0.631.